The van der Waals surface area contributed by atoms with Gasteiger partial charge >= 0.3 is 0 Å². The molecule has 1 rings (SSSR count). The monoisotopic (exact) mass is 222 g/mol. The van der Waals surface area contributed by atoms with Gasteiger partial charge in [-0.25, -0.2) is 0 Å². The molecule has 74 valence electrons. The van der Waals surface area contributed by atoms with E-state index in [-0.39, 0.29) is 30.6 Å². The Kier molecular flexibility index (Phi) is 8.65. The largest absolute Gasteiger partial charge is 0.409 e. The van der Waals surface area contributed by atoms with Crippen LogP contribution in [0.4, 0.5) is 0 Å². The van der Waals surface area contributed by atoms with Gasteiger partial charge in [0.05, 0.1) is 0 Å². The molecule has 0 spiro atoms. The van der Waals surface area contributed by atoms with E-state index in [2.05, 4.69) is 5.16 Å². The van der Waals surface area contributed by atoms with Crippen molar-refractivity contribution in [3.05, 3.63) is 35.9 Å². The molecule has 0 unspecified atom stereocenters. The molecule has 0 fully saturated rings. The summed E-state index contributed by atoms with van der Waals surface area (Å²) in [6.07, 6.45) is 0.497. The van der Waals surface area contributed by atoms with Crippen molar-refractivity contribution in [2.75, 3.05) is 0 Å². The predicted molar refractivity (Wildman–Crippen MR) is 58.1 cm³/mol. The van der Waals surface area contributed by atoms with Gasteiger partial charge in [-0.2, -0.15) is 0 Å². The van der Waals surface area contributed by atoms with Gasteiger partial charge < -0.3 is 10.9 Å². The van der Waals surface area contributed by atoms with Gasteiger partial charge in [0.2, 0.25) is 0 Å². The van der Waals surface area contributed by atoms with E-state index >= 15 is 0 Å². The fourth-order valence-corrected chi connectivity index (χ4v) is 0.840. The third-order valence-corrected chi connectivity index (χ3v) is 1.36. The van der Waals surface area contributed by atoms with Gasteiger partial charge in [-0.05, 0) is 5.56 Å². The lowest BCUT2D eigenvalue weighted by atomic mass is 10.1. The standard InChI is InChI=1S/C8H10N2O.2ClH/c9-8(10-11)6-7-4-2-1-3-5-7;;/h1-5,11H,6H2,(H2,9,10);2*1H. The first kappa shape index (κ1) is 14.6. The highest BCUT2D eigenvalue weighted by molar-refractivity contribution is 5.85. The molecule has 3 N–H and O–H groups in total. The molecule has 0 heterocycles. The van der Waals surface area contributed by atoms with Gasteiger partial charge in [-0.15, -0.1) is 24.8 Å². The molecule has 0 bridgehead atoms. The van der Waals surface area contributed by atoms with E-state index in [1.807, 2.05) is 30.3 Å². The minimum Gasteiger partial charge on any atom is -0.409 e. The Morgan fingerprint density at radius 3 is 2.23 bits per heavy atom. The molecular formula is C8H12Cl2N2O. The van der Waals surface area contributed by atoms with E-state index in [9.17, 15) is 0 Å². The lowest BCUT2D eigenvalue weighted by Crippen LogP contribution is -2.14. The number of hydrogen-bond acceptors (Lipinski definition) is 2. The Hall–Kier alpha value is -0.930. The van der Waals surface area contributed by atoms with Crippen molar-refractivity contribution in [2.24, 2.45) is 10.9 Å². The molecule has 0 amide bonds. The third kappa shape index (κ3) is 5.33. The lowest BCUT2D eigenvalue weighted by Gasteiger charge is -1.96. The van der Waals surface area contributed by atoms with Gasteiger partial charge in [0, 0.05) is 6.42 Å². The normalized spacial score (nSPS) is 9.69. The highest BCUT2D eigenvalue weighted by atomic mass is 35.5. The minimum atomic E-state index is 0. The molecule has 0 aliphatic carbocycles. The van der Waals surface area contributed by atoms with E-state index in [4.69, 9.17) is 10.9 Å². The smallest absolute Gasteiger partial charge is 0.143 e. The first-order valence-corrected chi connectivity index (χ1v) is 3.33. The Balaban J connectivity index is 0. The Labute approximate surface area is 89.5 Å². The van der Waals surface area contributed by atoms with Crippen LogP contribution in [0.1, 0.15) is 5.56 Å². The zero-order valence-electron chi connectivity index (χ0n) is 6.88. The van der Waals surface area contributed by atoms with Crippen molar-refractivity contribution in [3.63, 3.8) is 0 Å². The van der Waals surface area contributed by atoms with Gasteiger partial charge in [-0.3, -0.25) is 0 Å². The van der Waals surface area contributed by atoms with Crippen molar-refractivity contribution in [1.82, 2.24) is 0 Å². The summed E-state index contributed by atoms with van der Waals surface area (Å²) in [7, 11) is 0. The van der Waals surface area contributed by atoms with Crippen molar-refractivity contribution in [1.29, 1.82) is 0 Å². The summed E-state index contributed by atoms with van der Waals surface area (Å²) in [5.41, 5.74) is 6.35. The second kappa shape index (κ2) is 7.71. The Morgan fingerprint density at radius 2 is 1.77 bits per heavy atom. The van der Waals surface area contributed by atoms with E-state index in [0.717, 1.165) is 5.56 Å². The number of oxime groups is 1. The number of amidine groups is 1. The number of nitrogens with two attached hydrogens (primary N) is 1. The van der Waals surface area contributed by atoms with Gasteiger partial charge in [0.25, 0.3) is 0 Å². The van der Waals surface area contributed by atoms with Gasteiger partial charge in [0.1, 0.15) is 5.84 Å². The van der Waals surface area contributed by atoms with Crippen LogP contribution in [-0.4, -0.2) is 11.0 Å². The molecule has 0 aliphatic rings. The summed E-state index contributed by atoms with van der Waals surface area (Å²) >= 11 is 0. The van der Waals surface area contributed by atoms with E-state index in [0.29, 0.717) is 6.42 Å². The van der Waals surface area contributed by atoms with Crippen molar-refractivity contribution in [3.8, 4) is 0 Å². The van der Waals surface area contributed by atoms with Crippen LogP contribution in [0.5, 0.6) is 0 Å². The SMILES string of the molecule is Cl.Cl.NC(Cc1ccccc1)=NO. The van der Waals surface area contributed by atoms with E-state index < -0.39 is 0 Å². The van der Waals surface area contributed by atoms with Crippen LogP contribution < -0.4 is 5.73 Å². The average molecular weight is 223 g/mol. The van der Waals surface area contributed by atoms with Crippen LogP contribution in [0.3, 0.4) is 0 Å². The molecule has 13 heavy (non-hydrogen) atoms. The van der Waals surface area contributed by atoms with E-state index in [1.165, 1.54) is 0 Å². The first-order chi connectivity index (χ1) is 5.33. The molecule has 0 aliphatic heterocycles. The van der Waals surface area contributed by atoms with Crippen LogP contribution in [0.2, 0.25) is 0 Å². The third-order valence-electron chi connectivity index (χ3n) is 1.36. The minimum absolute atomic E-state index is 0. The van der Waals surface area contributed by atoms with Crippen molar-refractivity contribution < 1.29 is 5.21 Å². The lowest BCUT2D eigenvalue weighted by molar-refractivity contribution is 0.317. The zero-order chi connectivity index (χ0) is 8.10. The van der Waals surface area contributed by atoms with Crippen LogP contribution in [-0.2, 0) is 6.42 Å². The quantitative estimate of drug-likeness (QED) is 0.347. The number of nitrogens with zero attached hydrogens (tertiary/aromatic N) is 1. The maximum Gasteiger partial charge on any atom is 0.143 e. The molecular weight excluding hydrogens is 211 g/mol. The molecule has 0 atom stereocenters. The highest BCUT2D eigenvalue weighted by Crippen LogP contribution is 1.98. The predicted octanol–water partition coefficient (Wildman–Crippen LogP) is 1.82. The second-order valence-corrected chi connectivity index (χ2v) is 2.25. The summed E-state index contributed by atoms with van der Waals surface area (Å²) in [5.74, 6) is 0.233. The second-order valence-electron chi connectivity index (χ2n) is 2.25. The van der Waals surface area contributed by atoms with Gasteiger partial charge in [0.15, 0.2) is 0 Å². The average Bonchev–Trinajstić information content (AvgIpc) is 2.06. The van der Waals surface area contributed by atoms with Crippen LogP contribution in [0.15, 0.2) is 35.5 Å². The summed E-state index contributed by atoms with van der Waals surface area (Å²) in [4.78, 5) is 0. The van der Waals surface area contributed by atoms with Gasteiger partial charge in [-0.1, -0.05) is 35.5 Å². The van der Waals surface area contributed by atoms with Crippen LogP contribution >= 0.6 is 24.8 Å². The Bertz CT molecular complexity index is 252. The Morgan fingerprint density at radius 1 is 1.23 bits per heavy atom. The fourth-order valence-electron chi connectivity index (χ4n) is 0.840. The number of rotatable bonds is 2. The fraction of sp³-hybridized carbons (Fsp3) is 0.125. The zero-order valence-corrected chi connectivity index (χ0v) is 8.52. The maximum absolute atomic E-state index is 8.26. The molecule has 5 heteroatoms. The summed E-state index contributed by atoms with van der Waals surface area (Å²) in [6.45, 7) is 0. The number of halogens is 2. The maximum atomic E-state index is 8.26. The van der Waals surface area contributed by atoms with Crippen molar-refractivity contribution in [2.45, 2.75) is 6.42 Å². The summed E-state index contributed by atoms with van der Waals surface area (Å²) in [6, 6.07) is 9.62. The van der Waals surface area contributed by atoms with E-state index in [1.54, 1.807) is 0 Å². The highest BCUT2D eigenvalue weighted by Gasteiger charge is 1.94. The first-order valence-electron chi connectivity index (χ1n) is 3.33. The van der Waals surface area contributed by atoms with Crippen molar-refractivity contribution >= 4 is 30.6 Å². The topological polar surface area (TPSA) is 58.6 Å². The molecule has 0 saturated carbocycles. The number of hydrogen-bond donors (Lipinski definition) is 2. The molecule has 1 aromatic carbocycles. The molecule has 3 nitrogen and oxygen atoms in total. The molecule has 0 aromatic heterocycles. The summed E-state index contributed by atoms with van der Waals surface area (Å²) in [5, 5.41) is 11.1. The number of benzene rings is 1. The molecule has 0 radical (unpaired) electrons. The van der Waals surface area contributed by atoms with Crippen LogP contribution in [0, 0.1) is 0 Å². The molecule has 0 saturated heterocycles. The van der Waals surface area contributed by atoms with Crippen LogP contribution in [0.25, 0.3) is 0 Å². The summed E-state index contributed by atoms with van der Waals surface area (Å²) < 4.78 is 0. The molecule has 1 aromatic rings.